The number of aryl methyl sites for hydroxylation is 2. The predicted molar refractivity (Wildman–Crippen MR) is 104 cm³/mol. The summed E-state index contributed by atoms with van der Waals surface area (Å²) in [6.07, 6.45) is 0.0406. The van der Waals surface area contributed by atoms with Gasteiger partial charge in [0.2, 0.25) is 15.9 Å². The van der Waals surface area contributed by atoms with Crippen LogP contribution in [0.25, 0.3) is 0 Å². The molecule has 0 fully saturated rings. The molecule has 1 atom stereocenters. The Morgan fingerprint density at radius 2 is 1.85 bits per heavy atom. The van der Waals surface area contributed by atoms with E-state index in [9.17, 15) is 13.2 Å². The summed E-state index contributed by atoms with van der Waals surface area (Å²) in [7, 11) is -3.74. The highest BCUT2D eigenvalue weighted by Crippen LogP contribution is 2.20. The third-order valence-corrected chi connectivity index (χ3v) is 6.01. The zero-order chi connectivity index (χ0) is 19.3. The highest BCUT2D eigenvalue weighted by molar-refractivity contribution is 7.89. The molecule has 2 aromatic rings. The quantitative estimate of drug-likeness (QED) is 0.754. The summed E-state index contributed by atoms with van der Waals surface area (Å²) >= 11 is 5.92. The highest BCUT2D eigenvalue weighted by atomic mass is 35.5. The standard InChI is InChI=1S/C19H23ClN2O3S/c1-13-8-9-14(2)16(12-13)15(3)22-19(23)10-11-21-26(24,25)18-7-5-4-6-17(18)20/h4-9,12,15,21H,10-11H2,1-3H3,(H,22,23). The van der Waals surface area contributed by atoms with Crippen LogP contribution in [0.2, 0.25) is 5.02 Å². The van der Waals surface area contributed by atoms with Gasteiger partial charge >= 0.3 is 0 Å². The molecule has 1 unspecified atom stereocenters. The van der Waals surface area contributed by atoms with Crippen molar-refractivity contribution < 1.29 is 13.2 Å². The number of hydrogen-bond donors (Lipinski definition) is 2. The molecular weight excluding hydrogens is 372 g/mol. The van der Waals surface area contributed by atoms with Crippen molar-refractivity contribution in [3.8, 4) is 0 Å². The number of amides is 1. The van der Waals surface area contributed by atoms with Crippen molar-refractivity contribution in [1.82, 2.24) is 10.0 Å². The fourth-order valence-corrected chi connectivity index (χ4v) is 4.21. The number of sulfonamides is 1. The minimum Gasteiger partial charge on any atom is -0.350 e. The second-order valence-corrected chi connectivity index (χ2v) is 8.37. The summed E-state index contributed by atoms with van der Waals surface area (Å²) in [6, 6.07) is 12.1. The fraction of sp³-hybridized carbons (Fsp3) is 0.316. The third kappa shape index (κ3) is 5.30. The Labute approximate surface area is 159 Å². The summed E-state index contributed by atoms with van der Waals surface area (Å²) in [5.74, 6) is -0.222. The van der Waals surface area contributed by atoms with Gasteiger partial charge in [-0.25, -0.2) is 13.1 Å². The van der Waals surface area contributed by atoms with E-state index in [1.807, 2.05) is 39.0 Å². The number of benzene rings is 2. The number of carbonyl (C=O) groups excluding carboxylic acids is 1. The summed E-state index contributed by atoms with van der Waals surface area (Å²) in [5.41, 5.74) is 3.28. The van der Waals surface area contributed by atoms with Gasteiger partial charge in [0.1, 0.15) is 4.90 Å². The lowest BCUT2D eigenvalue weighted by Crippen LogP contribution is -2.32. The second-order valence-electron chi connectivity index (χ2n) is 6.23. The van der Waals surface area contributed by atoms with E-state index in [1.165, 1.54) is 12.1 Å². The summed E-state index contributed by atoms with van der Waals surface area (Å²) < 4.78 is 26.9. The first-order chi connectivity index (χ1) is 12.2. The lowest BCUT2D eigenvalue weighted by molar-refractivity contribution is -0.121. The average Bonchev–Trinajstić information content (AvgIpc) is 2.57. The smallest absolute Gasteiger partial charge is 0.242 e. The van der Waals surface area contributed by atoms with Gasteiger partial charge in [-0.05, 0) is 44.0 Å². The topological polar surface area (TPSA) is 75.3 Å². The van der Waals surface area contributed by atoms with Crippen molar-refractivity contribution in [3.63, 3.8) is 0 Å². The molecule has 0 aliphatic rings. The van der Waals surface area contributed by atoms with Crippen LogP contribution in [0.3, 0.4) is 0 Å². The summed E-state index contributed by atoms with van der Waals surface area (Å²) in [5, 5.41) is 3.05. The molecule has 2 aromatic carbocycles. The maximum atomic E-state index is 12.2. The zero-order valence-corrected chi connectivity index (χ0v) is 16.6. The van der Waals surface area contributed by atoms with Crippen LogP contribution in [0.5, 0.6) is 0 Å². The second kappa shape index (κ2) is 8.66. The molecule has 2 N–H and O–H groups in total. The molecule has 0 aliphatic carbocycles. The van der Waals surface area contributed by atoms with E-state index in [-0.39, 0.29) is 34.8 Å². The average molecular weight is 395 g/mol. The van der Waals surface area contributed by atoms with Crippen LogP contribution in [-0.2, 0) is 14.8 Å². The first-order valence-corrected chi connectivity index (χ1v) is 10.2. The molecule has 1 amide bonds. The largest absolute Gasteiger partial charge is 0.350 e. The van der Waals surface area contributed by atoms with Crippen LogP contribution in [0.4, 0.5) is 0 Å². The molecule has 0 radical (unpaired) electrons. The molecular formula is C19H23ClN2O3S. The monoisotopic (exact) mass is 394 g/mol. The lowest BCUT2D eigenvalue weighted by Gasteiger charge is -2.17. The van der Waals surface area contributed by atoms with Gasteiger partial charge in [-0.3, -0.25) is 4.79 Å². The molecule has 0 heterocycles. The SMILES string of the molecule is Cc1ccc(C)c(C(C)NC(=O)CCNS(=O)(=O)c2ccccc2Cl)c1. The number of carbonyl (C=O) groups is 1. The maximum absolute atomic E-state index is 12.2. The molecule has 140 valence electrons. The van der Waals surface area contributed by atoms with Crippen molar-refractivity contribution in [2.75, 3.05) is 6.54 Å². The van der Waals surface area contributed by atoms with Gasteiger partial charge in [-0.1, -0.05) is 47.5 Å². The van der Waals surface area contributed by atoms with E-state index in [1.54, 1.807) is 12.1 Å². The molecule has 0 spiro atoms. The zero-order valence-electron chi connectivity index (χ0n) is 15.0. The van der Waals surface area contributed by atoms with Crippen molar-refractivity contribution in [2.45, 2.75) is 38.1 Å². The van der Waals surface area contributed by atoms with Gasteiger partial charge in [-0.2, -0.15) is 0 Å². The minimum absolute atomic E-state index is 0.00108. The predicted octanol–water partition coefficient (Wildman–Crippen LogP) is 3.50. The number of rotatable bonds is 7. The van der Waals surface area contributed by atoms with E-state index < -0.39 is 10.0 Å². The molecule has 5 nitrogen and oxygen atoms in total. The van der Waals surface area contributed by atoms with Gasteiger partial charge in [0.15, 0.2) is 0 Å². The van der Waals surface area contributed by atoms with E-state index in [0.29, 0.717) is 0 Å². The van der Waals surface area contributed by atoms with Crippen LogP contribution >= 0.6 is 11.6 Å². The van der Waals surface area contributed by atoms with Crippen LogP contribution in [-0.4, -0.2) is 20.9 Å². The Kier molecular flexibility index (Phi) is 6.81. The van der Waals surface area contributed by atoms with Crippen LogP contribution < -0.4 is 10.0 Å². The van der Waals surface area contributed by atoms with Gasteiger partial charge in [0.25, 0.3) is 0 Å². The van der Waals surface area contributed by atoms with Gasteiger partial charge < -0.3 is 5.32 Å². The molecule has 7 heteroatoms. The molecule has 0 aliphatic heterocycles. The van der Waals surface area contributed by atoms with E-state index in [4.69, 9.17) is 11.6 Å². The van der Waals surface area contributed by atoms with Crippen molar-refractivity contribution in [3.05, 3.63) is 64.2 Å². The Bertz CT molecular complexity index is 897. The lowest BCUT2D eigenvalue weighted by atomic mass is 10.00. The molecule has 26 heavy (non-hydrogen) atoms. The van der Waals surface area contributed by atoms with Gasteiger partial charge in [0.05, 0.1) is 11.1 Å². The Morgan fingerprint density at radius 3 is 2.54 bits per heavy atom. The van der Waals surface area contributed by atoms with Crippen LogP contribution in [0.15, 0.2) is 47.4 Å². The third-order valence-electron chi connectivity index (χ3n) is 4.05. The highest BCUT2D eigenvalue weighted by Gasteiger charge is 2.18. The van der Waals surface area contributed by atoms with Crippen molar-refractivity contribution >= 4 is 27.5 Å². The summed E-state index contributed by atoms with van der Waals surface area (Å²) in [4.78, 5) is 12.1. The number of hydrogen-bond acceptors (Lipinski definition) is 3. The van der Waals surface area contributed by atoms with Crippen LogP contribution in [0, 0.1) is 13.8 Å². The van der Waals surface area contributed by atoms with E-state index in [2.05, 4.69) is 10.0 Å². The first kappa shape index (κ1) is 20.4. The van der Waals surface area contributed by atoms with Crippen LogP contribution in [0.1, 0.15) is 36.1 Å². The molecule has 0 saturated carbocycles. The Hall–Kier alpha value is -1.89. The van der Waals surface area contributed by atoms with Gasteiger partial charge in [-0.15, -0.1) is 0 Å². The number of halogens is 1. The normalized spacial score (nSPS) is 12.6. The molecule has 2 rings (SSSR count). The van der Waals surface area contributed by atoms with Crippen molar-refractivity contribution in [2.24, 2.45) is 0 Å². The fourth-order valence-electron chi connectivity index (χ4n) is 2.66. The van der Waals surface area contributed by atoms with Crippen molar-refractivity contribution in [1.29, 1.82) is 0 Å². The number of nitrogens with one attached hydrogen (secondary N) is 2. The Balaban J connectivity index is 1.91. The Morgan fingerprint density at radius 1 is 1.15 bits per heavy atom. The molecule has 0 saturated heterocycles. The first-order valence-electron chi connectivity index (χ1n) is 8.31. The van der Waals surface area contributed by atoms with E-state index in [0.717, 1.165) is 16.7 Å². The molecule has 0 bridgehead atoms. The van der Waals surface area contributed by atoms with Gasteiger partial charge in [0, 0.05) is 13.0 Å². The minimum atomic E-state index is -3.74. The van der Waals surface area contributed by atoms with E-state index >= 15 is 0 Å². The summed E-state index contributed by atoms with van der Waals surface area (Å²) in [6.45, 7) is 5.91. The molecule has 0 aromatic heterocycles. The maximum Gasteiger partial charge on any atom is 0.242 e.